The van der Waals surface area contributed by atoms with Crippen molar-refractivity contribution in [2.45, 2.75) is 4.90 Å². The summed E-state index contributed by atoms with van der Waals surface area (Å²) < 4.78 is 38.0. The fourth-order valence-electron chi connectivity index (χ4n) is 0.895. The molecular weight excluding hydrogens is 219 g/mol. The van der Waals surface area contributed by atoms with Crippen LogP contribution in [0.5, 0.6) is 0 Å². The van der Waals surface area contributed by atoms with Crippen LogP contribution in [0.25, 0.3) is 0 Å². The Hall–Kier alpha value is -1.58. The molecule has 0 amide bonds. The van der Waals surface area contributed by atoms with Gasteiger partial charge in [0, 0.05) is 0 Å². The molecule has 0 aliphatic rings. The highest BCUT2D eigenvalue weighted by atomic mass is 32.2. The van der Waals surface area contributed by atoms with Crippen LogP contribution < -0.4 is 10.5 Å². The van der Waals surface area contributed by atoms with Gasteiger partial charge in [0.05, 0.1) is 17.1 Å². The summed E-state index contributed by atoms with van der Waals surface area (Å²) in [6.45, 7) is -0.145. The Morgan fingerprint density at radius 2 is 2.20 bits per heavy atom. The number of halogens is 1. The molecule has 15 heavy (non-hydrogen) atoms. The fraction of sp³-hybridized carbons (Fsp3) is 0.111. The van der Waals surface area contributed by atoms with Gasteiger partial charge in [0.1, 0.15) is 5.82 Å². The molecule has 0 bridgehead atoms. The van der Waals surface area contributed by atoms with Crippen LogP contribution in [0.2, 0.25) is 0 Å². The number of anilines is 1. The Morgan fingerprint density at radius 3 is 2.73 bits per heavy atom. The Morgan fingerprint density at radius 1 is 1.53 bits per heavy atom. The van der Waals surface area contributed by atoms with E-state index in [0.717, 1.165) is 6.07 Å². The van der Waals surface area contributed by atoms with Gasteiger partial charge in [-0.1, -0.05) is 5.92 Å². The first kappa shape index (κ1) is 11.5. The van der Waals surface area contributed by atoms with E-state index >= 15 is 0 Å². The van der Waals surface area contributed by atoms with Gasteiger partial charge in [0.2, 0.25) is 10.0 Å². The lowest BCUT2D eigenvalue weighted by atomic mass is 10.3. The average Bonchev–Trinajstić information content (AvgIpc) is 2.19. The van der Waals surface area contributed by atoms with Crippen LogP contribution in [0.3, 0.4) is 0 Å². The van der Waals surface area contributed by atoms with E-state index in [9.17, 15) is 12.8 Å². The molecule has 0 saturated carbocycles. The van der Waals surface area contributed by atoms with Crippen molar-refractivity contribution in [2.75, 3.05) is 12.3 Å². The molecule has 3 N–H and O–H groups in total. The fourth-order valence-corrected chi connectivity index (χ4v) is 1.84. The highest BCUT2D eigenvalue weighted by Crippen LogP contribution is 2.15. The number of nitrogens with two attached hydrogens (primary N) is 1. The molecule has 1 aromatic rings. The number of rotatable bonds is 3. The zero-order chi connectivity index (χ0) is 11.5. The Bertz CT molecular complexity index is 505. The van der Waals surface area contributed by atoms with E-state index in [1.54, 1.807) is 0 Å². The average molecular weight is 228 g/mol. The molecule has 0 aliphatic carbocycles. The van der Waals surface area contributed by atoms with Gasteiger partial charge in [-0.25, -0.2) is 12.8 Å². The van der Waals surface area contributed by atoms with E-state index in [2.05, 4.69) is 10.6 Å². The van der Waals surface area contributed by atoms with E-state index in [-0.39, 0.29) is 17.1 Å². The molecule has 1 rings (SSSR count). The van der Waals surface area contributed by atoms with Gasteiger partial charge >= 0.3 is 0 Å². The van der Waals surface area contributed by atoms with Gasteiger partial charge in [-0.2, -0.15) is 4.72 Å². The lowest BCUT2D eigenvalue weighted by Crippen LogP contribution is -2.24. The summed E-state index contributed by atoms with van der Waals surface area (Å²) in [5, 5.41) is 0. The van der Waals surface area contributed by atoms with Crippen LogP contribution in [0.4, 0.5) is 10.1 Å². The van der Waals surface area contributed by atoms with Crippen LogP contribution in [-0.2, 0) is 10.0 Å². The quantitative estimate of drug-likeness (QED) is 0.578. The lowest BCUT2D eigenvalue weighted by Gasteiger charge is -2.04. The normalized spacial score (nSPS) is 10.9. The van der Waals surface area contributed by atoms with E-state index in [1.165, 1.54) is 12.1 Å². The molecule has 0 spiro atoms. The highest BCUT2D eigenvalue weighted by Gasteiger charge is 2.14. The standard InChI is InChI=1S/C9H9FN2O2S/c1-2-5-12-15(13,14)7-3-4-9(11)8(10)6-7/h1,3-4,6,12H,5,11H2. The molecule has 0 heterocycles. The first-order chi connectivity index (χ1) is 6.97. The van der Waals surface area contributed by atoms with Crippen LogP contribution in [0, 0.1) is 18.2 Å². The van der Waals surface area contributed by atoms with Crippen molar-refractivity contribution in [3.63, 3.8) is 0 Å². The molecule has 0 fully saturated rings. The zero-order valence-corrected chi connectivity index (χ0v) is 8.51. The largest absolute Gasteiger partial charge is 0.396 e. The lowest BCUT2D eigenvalue weighted by molar-refractivity contribution is 0.582. The summed E-state index contributed by atoms with van der Waals surface area (Å²) >= 11 is 0. The Kier molecular flexibility index (Phi) is 3.29. The second-order valence-corrected chi connectivity index (χ2v) is 4.48. The second kappa shape index (κ2) is 4.29. The topological polar surface area (TPSA) is 72.2 Å². The Labute approximate surface area is 87.3 Å². The highest BCUT2D eigenvalue weighted by molar-refractivity contribution is 7.89. The van der Waals surface area contributed by atoms with Gasteiger partial charge in [-0.3, -0.25) is 0 Å². The molecule has 0 aliphatic heterocycles. The molecule has 0 atom stereocenters. The number of terminal acetylenes is 1. The van der Waals surface area contributed by atoms with Crippen molar-refractivity contribution in [1.29, 1.82) is 0 Å². The van der Waals surface area contributed by atoms with Gasteiger partial charge in [0.25, 0.3) is 0 Å². The number of nitrogens with one attached hydrogen (secondary N) is 1. The van der Waals surface area contributed by atoms with Crippen molar-refractivity contribution in [1.82, 2.24) is 4.72 Å². The third-order valence-corrected chi connectivity index (χ3v) is 3.05. The van der Waals surface area contributed by atoms with Gasteiger partial charge in [-0.05, 0) is 18.2 Å². The molecule has 6 heteroatoms. The van der Waals surface area contributed by atoms with Crippen molar-refractivity contribution in [3.05, 3.63) is 24.0 Å². The van der Waals surface area contributed by atoms with Crippen molar-refractivity contribution in [2.24, 2.45) is 0 Å². The number of benzene rings is 1. The third kappa shape index (κ3) is 2.68. The first-order valence-electron chi connectivity index (χ1n) is 3.95. The molecule has 0 saturated heterocycles. The number of hydrogen-bond donors (Lipinski definition) is 2. The molecule has 0 aromatic heterocycles. The van der Waals surface area contributed by atoms with Crippen LogP contribution >= 0.6 is 0 Å². The van der Waals surface area contributed by atoms with Gasteiger partial charge < -0.3 is 5.73 Å². The molecule has 0 unspecified atom stereocenters. The zero-order valence-electron chi connectivity index (χ0n) is 7.70. The second-order valence-electron chi connectivity index (χ2n) is 2.71. The van der Waals surface area contributed by atoms with Gasteiger partial charge in [0.15, 0.2) is 0 Å². The predicted octanol–water partition coefficient (Wildman–Crippen LogP) is 0.319. The predicted molar refractivity (Wildman–Crippen MR) is 54.8 cm³/mol. The number of hydrogen-bond acceptors (Lipinski definition) is 3. The van der Waals surface area contributed by atoms with Crippen LogP contribution in [0.15, 0.2) is 23.1 Å². The van der Waals surface area contributed by atoms with Crippen LogP contribution in [0.1, 0.15) is 0 Å². The minimum atomic E-state index is -3.75. The molecule has 80 valence electrons. The summed E-state index contributed by atoms with van der Waals surface area (Å²) in [5.41, 5.74) is 5.10. The van der Waals surface area contributed by atoms with E-state index in [1.807, 2.05) is 0 Å². The maximum Gasteiger partial charge on any atom is 0.241 e. The summed E-state index contributed by atoms with van der Waals surface area (Å²) in [4.78, 5) is -0.204. The van der Waals surface area contributed by atoms with Gasteiger partial charge in [-0.15, -0.1) is 6.42 Å². The first-order valence-corrected chi connectivity index (χ1v) is 5.44. The minimum Gasteiger partial charge on any atom is -0.396 e. The van der Waals surface area contributed by atoms with Crippen molar-refractivity contribution >= 4 is 15.7 Å². The summed E-state index contributed by atoms with van der Waals surface area (Å²) in [7, 11) is -3.75. The van der Waals surface area contributed by atoms with Crippen molar-refractivity contribution < 1.29 is 12.8 Å². The van der Waals surface area contributed by atoms with E-state index in [0.29, 0.717) is 0 Å². The minimum absolute atomic E-state index is 0.106. The molecule has 1 aromatic carbocycles. The smallest absolute Gasteiger partial charge is 0.241 e. The third-order valence-electron chi connectivity index (χ3n) is 1.65. The van der Waals surface area contributed by atoms with Crippen molar-refractivity contribution in [3.8, 4) is 12.3 Å². The number of sulfonamides is 1. The maximum atomic E-state index is 13.0. The van der Waals surface area contributed by atoms with Crippen LogP contribution in [-0.4, -0.2) is 15.0 Å². The molecular formula is C9H9FN2O2S. The number of nitrogen functional groups attached to an aromatic ring is 1. The van der Waals surface area contributed by atoms with E-state index in [4.69, 9.17) is 12.2 Å². The summed E-state index contributed by atoms with van der Waals surface area (Å²) in [6, 6.07) is 3.23. The molecule has 0 radical (unpaired) electrons. The summed E-state index contributed by atoms with van der Waals surface area (Å²) in [6.07, 6.45) is 4.90. The Balaban J connectivity index is 3.07. The monoisotopic (exact) mass is 228 g/mol. The molecule has 4 nitrogen and oxygen atoms in total. The maximum absolute atomic E-state index is 13.0. The summed E-state index contributed by atoms with van der Waals surface area (Å²) in [5.74, 6) is 1.33. The van der Waals surface area contributed by atoms with E-state index < -0.39 is 15.8 Å². The SMILES string of the molecule is C#CCNS(=O)(=O)c1ccc(N)c(F)c1.